The molecule has 0 unspecified atom stereocenters. The van der Waals surface area contributed by atoms with Gasteiger partial charge < -0.3 is 5.32 Å². The number of hydrogen-bond acceptors (Lipinski definition) is 2. The standard InChI is InChI=1S/C22H36N2/c1-8-9-10-19(5)23-16-20(11-17(2)3)12-18(4)15-24-21-13-22(6,7)14-21/h9-10,12,15-17,21,23H,5,8,11,13-14H2,1-4,6-7H3/b10-9-,18-12?,20-16?,24-15?. The lowest BCUT2D eigenvalue weighted by Gasteiger charge is -2.40. The van der Waals surface area contributed by atoms with Crippen molar-refractivity contribution in [1.82, 2.24) is 5.32 Å². The van der Waals surface area contributed by atoms with E-state index in [2.05, 4.69) is 71.8 Å². The number of rotatable bonds is 9. The molecule has 0 heterocycles. The van der Waals surface area contributed by atoms with Gasteiger partial charge in [0, 0.05) is 18.1 Å². The second kappa shape index (κ2) is 9.66. The summed E-state index contributed by atoms with van der Waals surface area (Å²) >= 11 is 0. The third kappa shape index (κ3) is 8.33. The van der Waals surface area contributed by atoms with Crippen LogP contribution in [0.3, 0.4) is 0 Å². The maximum absolute atomic E-state index is 4.72. The van der Waals surface area contributed by atoms with Crippen molar-refractivity contribution in [3.8, 4) is 0 Å². The van der Waals surface area contributed by atoms with Crippen molar-refractivity contribution in [2.24, 2.45) is 16.3 Å². The minimum absolute atomic E-state index is 0.485. The van der Waals surface area contributed by atoms with E-state index in [4.69, 9.17) is 4.99 Å². The Labute approximate surface area is 149 Å². The van der Waals surface area contributed by atoms with Crippen LogP contribution in [0.5, 0.6) is 0 Å². The van der Waals surface area contributed by atoms with Gasteiger partial charge in [-0.15, -0.1) is 0 Å². The highest BCUT2D eigenvalue weighted by Gasteiger charge is 2.35. The quantitative estimate of drug-likeness (QED) is 0.396. The Morgan fingerprint density at radius 1 is 1.33 bits per heavy atom. The molecule has 0 aromatic heterocycles. The fourth-order valence-corrected chi connectivity index (χ4v) is 3.00. The topological polar surface area (TPSA) is 24.4 Å². The second-order valence-corrected chi connectivity index (χ2v) is 8.19. The summed E-state index contributed by atoms with van der Waals surface area (Å²) in [6.45, 7) is 17.4. The van der Waals surface area contributed by atoms with Gasteiger partial charge in [0.15, 0.2) is 0 Å². The summed E-state index contributed by atoms with van der Waals surface area (Å²) in [5.74, 6) is 0.617. The van der Waals surface area contributed by atoms with E-state index < -0.39 is 0 Å². The molecule has 1 aliphatic carbocycles. The molecule has 0 bridgehead atoms. The predicted octanol–water partition coefficient (Wildman–Crippen LogP) is 6.19. The molecule has 0 saturated heterocycles. The van der Waals surface area contributed by atoms with Crippen molar-refractivity contribution >= 4 is 6.21 Å². The molecule has 1 saturated carbocycles. The van der Waals surface area contributed by atoms with E-state index in [0.29, 0.717) is 17.4 Å². The first-order valence-corrected chi connectivity index (χ1v) is 9.24. The molecule has 24 heavy (non-hydrogen) atoms. The summed E-state index contributed by atoms with van der Waals surface area (Å²) < 4.78 is 0. The lowest BCUT2D eigenvalue weighted by molar-refractivity contribution is 0.156. The van der Waals surface area contributed by atoms with E-state index in [1.54, 1.807) is 0 Å². The van der Waals surface area contributed by atoms with Gasteiger partial charge in [-0.1, -0.05) is 53.3 Å². The largest absolute Gasteiger partial charge is 0.362 e. The molecule has 2 heteroatoms. The summed E-state index contributed by atoms with van der Waals surface area (Å²) in [5.41, 5.74) is 3.91. The van der Waals surface area contributed by atoms with Crippen LogP contribution in [0, 0.1) is 11.3 Å². The molecule has 0 amide bonds. The maximum atomic E-state index is 4.72. The number of nitrogens with one attached hydrogen (secondary N) is 1. The third-order valence-electron chi connectivity index (χ3n) is 4.12. The highest BCUT2D eigenvalue weighted by molar-refractivity contribution is 5.78. The van der Waals surface area contributed by atoms with E-state index in [-0.39, 0.29) is 0 Å². The van der Waals surface area contributed by atoms with Crippen LogP contribution < -0.4 is 5.32 Å². The number of aliphatic imine (C=N–C) groups is 1. The van der Waals surface area contributed by atoms with Gasteiger partial charge in [-0.3, -0.25) is 4.99 Å². The normalized spacial score (nSPS) is 19.3. The molecule has 0 aromatic carbocycles. The Morgan fingerprint density at radius 2 is 2.00 bits per heavy atom. The van der Waals surface area contributed by atoms with Crippen molar-refractivity contribution in [1.29, 1.82) is 0 Å². The SMILES string of the molecule is C=C(/C=C\CC)NC=C(C=C(C)C=NC1CC(C)(C)C1)CC(C)C. The summed E-state index contributed by atoms with van der Waals surface area (Å²) in [7, 11) is 0. The first kappa shape index (κ1) is 20.5. The fraction of sp³-hybridized carbons (Fsp3) is 0.591. The number of hydrogen-bond donors (Lipinski definition) is 1. The lowest BCUT2D eigenvalue weighted by atomic mass is 9.69. The van der Waals surface area contributed by atoms with Gasteiger partial charge in [0.1, 0.15) is 0 Å². The number of nitrogens with zero attached hydrogens (tertiary/aromatic N) is 1. The van der Waals surface area contributed by atoms with Gasteiger partial charge in [-0.05, 0) is 61.2 Å². The molecule has 1 fully saturated rings. The van der Waals surface area contributed by atoms with Gasteiger partial charge in [0.05, 0.1) is 6.04 Å². The summed E-state index contributed by atoms with van der Waals surface area (Å²) in [4.78, 5) is 4.72. The van der Waals surface area contributed by atoms with Crippen LogP contribution in [0.1, 0.15) is 67.2 Å². The molecule has 1 aliphatic rings. The van der Waals surface area contributed by atoms with Crippen molar-refractivity contribution in [3.05, 3.63) is 47.9 Å². The molecule has 0 spiro atoms. The summed E-state index contributed by atoms with van der Waals surface area (Å²) in [6, 6.07) is 0.512. The Hall–Kier alpha value is -1.57. The molecule has 0 aliphatic heterocycles. The first-order valence-electron chi connectivity index (χ1n) is 9.24. The van der Waals surface area contributed by atoms with Crippen LogP contribution in [0.2, 0.25) is 0 Å². The molecule has 0 atom stereocenters. The van der Waals surface area contributed by atoms with Crippen molar-refractivity contribution in [2.75, 3.05) is 0 Å². The van der Waals surface area contributed by atoms with Gasteiger partial charge >= 0.3 is 0 Å². The summed E-state index contributed by atoms with van der Waals surface area (Å²) in [5, 5.41) is 3.29. The van der Waals surface area contributed by atoms with E-state index in [0.717, 1.165) is 18.5 Å². The zero-order valence-corrected chi connectivity index (χ0v) is 16.5. The van der Waals surface area contributed by atoms with Crippen molar-refractivity contribution in [2.45, 2.75) is 73.3 Å². The molecule has 134 valence electrons. The van der Waals surface area contributed by atoms with E-state index >= 15 is 0 Å². The minimum atomic E-state index is 0.485. The molecular weight excluding hydrogens is 292 g/mol. The molecule has 2 nitrogen and oxygen atoms in total. The third-order valence-corrected chi connectivity index (χ3v) is 4.12. The van der Waals surface area contributed by atoms with Crippen LogP contribution in [0.4, 0.5) is 0 Å². The van der Waals surface area contributed by atoms with Crippen molar-refractivity contribution < 1.29 is 0 Å². The van der Waals surface area contributed by atoms with Crippen LogP contribution in [-0.4, -0.2) is 12.3 Å². The lowest BCUT2D eigenvalue weighted by Crippen LogP contribution is -2.34. The highest BCUT2D eigenvalue weighted by Crippen LogP contribution is 2.41. The van der Waals surface area contributed by atoms with E-state index in [1.165, 1.54) is 24.0 Å². The zero-order chi connectivity index (χ0) is 18.2. The smallest absolute Gasteiger partial charge is 0.0509 e. The zero-order valence-electron chi connectivity index (χ0n) is 16.5. The maximum Gasteiger partial charge on any atom is 0.0509 e. The highest BCUT2D eigenvalue weighted by atomic mass is 14.8. The first-order chi connectivity index (χ1) is 11.2. The predicted molar refractivity (Wildman–Crippen MR) is 108 cm³/mol. The Kier molecular flexibility index (Phi) is 8.24. The Balaban J connectivity index is 2.67. The van der Waals surface area contributed by atoms with Gasteiger partial charge in [0.2, 0.25) is 0 Å². The van der Waals surface area contributed by atoms with Gasteiger partial charge in [0.25, 0.3) is 0 Å². The van der Waals surface area contributed by atoms with Crippen LogP contribution in [0.25, 0.3) is 0 Å². The van der Waals surface area contributed by atoms with Crippen molar-refractivity contribution in [3.63, 3.8) is 0 Å². The number of allylic oxidation sites excluding steroid dienone is 5. The summed E-state index contributed by atoms with van der Waals surface area (Å²) in [6.07, 6.45) is 15.0. The van der Waals surface area contributed by atoms with E-state index in [1.807, 2.05) is 12.3 Å². The average molecular weight is 329 g/mol. The Morgan fingerprint density at radius 3 is 2.54 bits per heavy atom. The minimum Gasteiger partial charge on any atom is -0.362 e. The van der Waals surface area contributed by atoms with Gasteiger partial charge in [-0.2, -0.15) is 0 Å². The second-order valence-electron chi connectivity index (χ2n) is 8.19. The Bertz CT molecular complexity index is 522. The van der Waals surface area contributed by atoms with E-state index in [9.17, 15) is 0 Å². The molecule has 0 radical (unpaired) electrons. The van der Waals surface area contributed by atoms with Crippen LogP contribution >= 0.6 is 0 Å². The average Bonchev–Trinajstić information content (AvgIpc) is 2.45. The van der Waals surface area contributed by atoms with Crippen LogP contribution in [0.15, 0.2) is 52.8 Å². The molecular formula is C22H36N2. The molecule has 0 aromatic rings. The monoisotopic (exact) mass is 328 g/mol. The van der Waals surface area contributed by atoms with Gasteiger partial charge in [-0.25, -0.2) is 0 Å². The molecule has 1 rings (SSSR count). The fourth-order valence-electron chi connectivity index (χ4n) is 3.00. The molecule has 1 N–H and O–H groups in total. The van der Waals surface area contributed by atoms with Crippen LogP contribution in [-0.2, 0) is 0 Å².